The molecular weight excluding hydrogens is 370 g/mol. The Bertz CT molecular complexity index is 856. The third kappa shape index (κ3) is 5.79. The average molecular weight is 391 g/mol. The monoisotopic (exact) mass is 391 g/mol. The number of carbonyl (C=O) groups excluding carboxylic acids is 2. The van der Waals surface area contributed by atoms with Crippen molar-refractivity contribution in [3.8, 4) is 5.75 Å². The van der Waals surface area contributed by atoms with E-state index in [1.165, 1.54) is 30.2 Å². The number of fused-ring (bicyclic) bond motifs is 1. The smallest absolute Gasteiger partial charge is 0.412 e. The summed E-state index contributed by atoms with van der Waals surface area (Å²) in [5.41, 5.74) is 0.229. The van der Waals surface area contributed by atoms with E-state index in [0.29, 0.717) is 36.9 Å². The number of nitro benzene ring substituents is 1. The van der Waals surface area contributed by atoms with Crippen LogP contribution in [0.1, 0.15) is 19.8 Å². The first-order valence-electron chi connectivity index (χ1n) is 8.56. The lowest BCUT2D eigenvalue weighted by molar-refractivity contribution is -0.383. The summed E-state index contributed by atoms with van der Waals surface area (Å²) in [6.45, 7) is 1.72. The summed E-state index contributed by atoms with van der Waals surface area (Å²) in [6, 6.07) is 5.90. The number of hydrogen-bond donors (Lipinski definition) is 0. The van der Waals surface area contributed by atoms with Crippen molar-refractivity contribution in [1.29, 1.82) is 0 Å². The Morgan fingerprint density at radius 3 is 2.71 bits per heavy atom. The molecule has 1 heterocycles. The number of pyridine rings is 1. The number of ether oxygens (including phenoxy) is 3. The Kier molecular flexibility index (Phi) is 7.49. The second kappa shape index (κ2) is 10.0. The number of nitrogens with zero attached hydrogens (tertiary/aromatic N) is 3. The maximum atomic E-state index is 11.9. The lowest BCUT2D eigenvalue weighted by atomic mass is 10.1. The van der Waals surface area contributed by atoms with Gasteiger partial charge >= 0.3 is 12.1 Å². The van der Waals surface area contributed by atoms with Crippen molar-refractivity contribution in [2.75, 3.05) is 27.0 Å². The number of esters is 1. The van der Waals surface area contributed by atoms with Crippen molar-refractivity contribution in [2.45, 2.75) is 19.8 Å². The van der Waals surface area contributed by atoms with E-state index in [2.05, 4.69) is 4.98 Å². The van der Waals surface area contributed by atoms with Crippen LogP contribution in [-0.4, -0.2) is 53.9 Å². The molecule has 10 nitrogen and oxygen atoms in total. The van der Waals surface area contributed by atoms with Crippen LogP contribution in [0.2, 0.25) is 0 Å². The highest BCUT2D eigenvalue weighted by atomic mass is 16.7. The minimum Gasteiger partial charge on any atom is -0.466 e. The predicted octanol–water partition coefficient (Wildman–Crippen LogP) is 2.89. The number of amides is 1. The van der Waals surface area contributed by atoms with Gasteiger partial charge in [-0.1, -0.05) is 0 Å². The molecule has 0 atom stereocenters. The fraction of sp³-hybridized carbons (Fsp3) is 0.389. The maximum Gasteiger partial charge on any atom is 0.412 e. The zero-order chi connectivity index (χ0) is 20.5. The summed E-state index contributed by atoms with van der Waals surface area (Å²) < 4.78 is 15.3. The normalized spacial score (nSPS) is 10.4. The molecule has 1 aromatic carbocycles. The molecule has 0 N–H and O–H groups in total. The highest BCUT2D eigenvalue weighted by Crippen LogP contribution is 2.31. The third-order valence-electron chi connectivity index (χ3n) is 3.81. The van der Waals surface area contributed by atoms with Gasteiger partial charge in [0.05, 0.1) is 16.9 Å². The fourth-order valence-electron chi connectivity index (χ4n) is 2.42. The molecule has 28 heavy (non-hydrogen) atoms. The zero-order valence-corrected chi connectivity index (χ0v) is 15.6. The summed E-state index contributed by atoms with van der Waals surface area (Å²) in [5.74, 6) is -0.0591. The van der Waals surface area contributed by atoms with Gasteiger partial charge < -0.3 is 19.1 Å². The SMILES string of the molecule is CC(=O)OCCCCN(C)C(=O)OCOc1ccc([N+](=O)[O-])c2cccnc12. The van der Waals surface area contributed by atoms with Gasteiger partial charge in [0.1, 0.15) is 11.3 Å². The van der Waals surface area contributed by atoms with E-state index in [1.807, 2.05) is 0 Å². The van der Waals surface area contributed by atoms with Crippen molar-refractivity contribution in [1.82, 2.24) is 9.88 Å². The van der Waals surface area contributed by atoms with Gasteiger partial charge in [-0.15, -0.1) is 0 Å². The molecule has 0 saturated carbocycles. The molecule has 2 aromatic rings. The van der Waals surface area contributed by atoms with Crippen LogP contribution in [0.3, 0.4) is 0 Å². The molecule has 0 aliphatic carbocycles. The first-order valence-corrected chi connectivity index (χ1v) is 8.56. The number of rotatable bonds is 9. The van der Waals surface area contributed by atoms with E-state index in [9.17, 15) is 19.7 Å². The lowest BCUT2D eigenvalue weighted by Crippen LogP contribution is -2.29. The predicted molar refractivity (Wildman–Crippen MR) is 98.9 cm³/mol. The van der Waals surface area contributed by atoms with E-state index in [1.54, 1.807) is 19.2 Å². The minimum absolute atomic E-state index is 0.0825. The third-order valence-corrected chi connectivity index (χ3v) is 3.81. The zero-order valence-electron chi connectivity index (χ0n) is 15.6. The number of non-ortho nitro benzene ring substituents is 1. The summed E-state index contributed by atoms with van der Waals surface area (Å²) in [6.07, 6.45) is 2.20. The first kappa shape index (κ1) is 20.9. The van der Waals surface area contributed by atoms with Gasteiger partial charge in [0.25, 0.3) is 5.69 Å². The van der Waals surface area contributed by atoms with Crippen LogP contribution in [0.15, 0.2) is 30.5 Å². The van der Waals surface area contributed by atoms with Gasteiger partial charge in [0, 0.05) is 32.8 Å². The number of hydrogen-bond acceptors (Lipinski definition) is 8. The van der Waals surface area contributed by atoms with Crippen molar-refractivity contribution in [2.24, 2.45) is 0 Å². The summed E-state index contributed by atoms with van der Waals surface area (Å²) >= 11 is 0. The highest BCUT2D eigenvalue weighted by Gasteiger charge is 2.16. The summed E-state index contributed by atoms with van der Waals surface area (Å²) in [4.78, 5) is 38.7. The molecule has 0 bridgehead atoms. The van der Waals surface area contributed by atoms with Crippen LogP contribution in [-0.2, 0) is 14.3 Å². The molecule has 1 amide bonds. The molecule has 0 saturated heterocycles. The van der Waals surface area contributed by atoms with Gasteiger partial charge in [0.15, 0.2) is 0 Å². The Labute approximate surface area is 161 Å². The fourth-order valence-corrected chi connectivity index (χ4v) is 2.42. The van der Waals surface area contributed by atoms with Crippen molar-refractivity contribution in [3.63, 3.8) is 0 Å². The standard InChI is InChI=1S/C18H21N3O7/c1-13(22)26-11-4-3-10-20(2)18(23)28-12-27-16-8-7-15(21(24)25)14-6-5-9-19-17(14)16/h5-9H,3-4,10-12H2,1-2H3. The number of unbranched alkanes of at least 4 members (excludes halogenated alkanes) is 1. The van der Waals surface area contributed by atoms with Crippen molar-refractivity contribution in [3.05, 3.63) is 40.6 Å². The average Bonchev–Trinajstić information content (AvgIpc) is 2.67. The molecule has 0 spiro atoms. The minimum atomic E-state index is -0.577. The van der Waals surface area contributed by atoms with Crippen molar-refractivity contribution >= 4 is 28.7 Å². The van der Waals surface area contributed by atoms with Gasteiger partial charge in [-0.3, -0.25) is 19.9 Å². The molecule has 0 radical (unpaired) electrons. The van der Waals surface area contributed by atoms with Gasteiger partial charge in [-0.05, 0) is 31.0 Å². The van der Waals surface area contributed by atoms with Crippen LogP contribution < -0.4 is 4.74 Å². The Hall–Kier alpha value is -3.43. The lowest BCUT2D eigenvalue weighted by Gasteiger charge is -2.17. The summed E-state index contributed by atoms with van der Waals surface area (Å²) in [7, 11) is 1.58. The molecule has 0 fully saturated rings. The Balaban J connectivity index is 1.84. The van der Waals surface area contributed by atoms with E-state index in [-0.39, 0.29) is 24.2 Å². The van der Waals surface area contributed by atoms with E-state index in [0.717, 1.165) is 0 Å². The number of carbonyl (C=O) groups is 2. The molecule has 0 aliphatic rings. The summed E-state index contributed by atoms with van der Waals surface area (Å²) in [5, 5.41) is 11.4. The molecule has 10 heteroatoms. The van der Waals surface area contributed by atoms with Crippen LogP contribution in [0.25, 0.3) is 10.9 Å². The second-order valence-corrected chi connectivity index (χ2v) is 5.88. The van der Waals surface area contributed by atoms with Crippen LogP contribution in [0.4, 0.5) is 10.5 Å². The number of benzene rings is 1. The van der Waals surface area contributed by atoms with Crippen LogP contribution >= 0.6 is 0 Å². The van der Waals surface area contributed by atoms with E-state index < -0.39 is 11.0 Å². The van der Waals surface area contributed by atoms with Gasteiger partial charge in [0.2, 0.25) is 6.79 Å². The molecule has 1 aromatic heterocycles. The van der Waals surface area contributed by atoms with E-state index in [4.69, 9.17) is 14.2 Å². The number of nitro groups is 1. The molecule has 0 aliphatic heterocycles. The van der Waals surface area contributed by atoms with Gasteiger partial charge in [-0.2, -0.15) is 0 Å². The quantitative estimate of drug-likeness (QED) is 0.210. The highest BCUT2D eigenvalue weighted by molar-refractivity contribution is 5.92. The molecule has 2 rings (SSSR count). The van der Waals surface area contributed by atoms with Crippen LogP contribution in [0, 0.1) is 10.1 Å². The Morgan fingerprint density at radius 2 is 2.00 bits per heavy atom. The molecule has 0 unspecified atom stereocenters. The maximum absolute atomic E-state index is 11.9. The van der Waals surface area contributed by atoms with E-state index >= 15 is 0 Å². The van der Waals surface area contributed by atoms with Gasteiger partial charge in [-0.25, -0.2) is 4.79 Å². The number of aromatic nitrogens is 1. The second-order valence-electron chi connectivity index (χ2n) is 5.88. The Morgan fingerprint density at radius 1 is 1.21 bits per heavy atom. The largest absolute Gasteiger partial charge is 0.466 e. The molecule has 150 valence electrons. The van der Waals surface area contributed by atoms with Crippen LogP contribution in [0.5, 0.6) is 5.75 Å². The topological polar surface area (TPSA) is 121 Å². The van der Waals surface area contributed by atoms with Crippen molar-refractivity contribution < 1.29 is 28.7 Å². The molecular formula is C18H21N3O7. The first-order chi connectivity index (χ1) is 13.4.